The van der Waals surface area contributed by atoms with Crippen LogP contribution in [0, 0.1) is 10.1 Å². The summed E-state index contributed by atoms with van der Waals surface area (Å²) >= 11 is 0. The van der Waals surface area contributed by atoms with Crippen LogP contribution in [-0.4, -0.2) is 15.7 Å². The Balaban J connectivity index is 2.23. The molecule has 0 aliphatic carbocycles. The third kappa shape index (κ3) is 3.97. The lowest BCUT2D eigenvalue weighted by molar-refractivity contribution is -0.384. The lowest BCUT2D eigenvalue weighted by Crippen LogP contribution is -1.91. The second-order valence-corrected chi connectivity index (χ2v) is 4.21. The van der Waals surface area contributed by atoms with Gasteiger partial charge in [0.1, 0.15) is 11.5 Å². The molecule has 21 heavy (non-hydrogen) atoms. The number of carbonyl (C=O) groups is 1. The summed E-state index contributed by atoms with van der Waals surface area (Å²) in [5.41, 5.74) is 0.639. The summed E-state index contributed by atoms with van der Waals surface area (Å²) in [6, 6.07) is 7.40. The van der Waals surface area contributed by atoms with E-state index in [1.165, 1.54) is 37.3 Å². The molecular formula is C15H12N2O4. The predicted molar refractivity (Wildman–Crippen MR) is 77.1 cm³/mol. The smallest absolute Gasteiger partial charge is 0.269 e. The van der Waals surface area contributed by atoms with Crippen LogP contribution in [0.3, 0.4) is 0 Å². The Kier molecular flexibility index (Phi) is 4.40. The summed E-state index contributed by atoms with van der Waals surface area (Å²) in [5.74, 6) is 0.890. The first-order valence-corrected chi connectivity index (χ1v) is 6.11. The van der Waals surface area contributed by atoms with Gasteiger partial charge < -0.3 is 4.74 Å². The van der Waals surface area contributed by atoms with Gasteiger partial charge in [-0.2, -0.15) is 0 Å². The van der Waals surface area contributed by atoms with Gasteiger partial charge in [0.15, 0.2) is 5.78 Å². The summed E-state index contributed by atoms with van der Waals surface area (Å²) in [5, 5.41) is 10.6. The highest BCUT2D eigenvalue weighted by atomic mass is 16.6. The zero-order valence-corrected chi connectivity index (χ0v) is 11.2. The van der Waals surface area contributed by atoms with E-state index in [4.69, 9.17) is 4.74 Å². The number of hydrogen-bond acceptors (Lipinski definition) is 5. The number of ether oxygens (including phenoxy) is 1. The van der Waals surface area contributed by atoms with Gasteiger partial charge in [-0.15, -0.1) is 0 Å². The Labute approximate surface area is 120 Å². The molecule has 0 aliphatic heterocycles. The zero-order valence-electron chi connectivity index (χ0n) is 11.2. The summed E-state index contributed by atoms with van der Waals surface area (Å²) in [6.07, 6.45) is 6.15. The van der Waals surface area contributed by atoms with Crippen molar-refractivity contribution >= 4 is 17.5 Å². The van der Waals surface area contributed by atoms with E-state index in [1.54, 1.807) is 24.5 Å². The lowest BCUT2D eigenvalue weighted by Gasteiger charge is -2.07. The van der Waals surface area contributed by atoms with Crippen molar-refractivity contribution in [3.63, 3.8) is 0 Å². The number of nitro groups is 1. The fraction of sp³-hybridized carbons (Fsp3) is 0.0667. The van der Waals surface area contributed by atoms with E-state index in [-0.39, 0.29) is 11.5 Å². The Morgan fingerprint density at radius 1 is 1.29 bits per heavy atom. The van der Waals surface area contributed by atoms with E-state index in [9.17, 15) is 14.9 Å². The number of nitrogens with zero attached hydrogens (tertiary/aromatic N) is 2. The van der Waals surface area contributed by atoms with Gasteiger partial charge in [0.05, 0.1) is 4.92 Å². The minimum absolute atomic E-state index is 0.00576. The molecule has 6 heteroatoms. The topological polar surface area (TPSA) is 82.3 Å². The first-order chi connectivity index (χ1) is 10.1. The number of ketones is 1. The summed E-state index contributed by atoms with van der Waals surface area (Å²) in [7, 11) is 0. The molecule has 0 unspecified atom stereocenters. The molecule has 2 rings (SSSR count). The molecule has 0 spiro atoms. The van der Waals surface area contributed by atoms with Crippen LogP contribution in [0.4, 0.5) is 5.69 Å². The van der Waals surface area contributed by atoms with Crippen LogP contribution in [0.15, 0.2) is 48.8 Å². The second-order valence-electron chi connectivity index (χ2n) is 4.21. The minimum Gasteiger partial charge on any atom is -0.457 e. The van der Waals surface area contributed by atoms with Crippen molar-refractivity contribution in [1.82, 2.24) is 4.98 Å². The third-order valence-electron chi connectivity index (χ3n) is 2.58. The van der Waals surface area contributed by atoms with Crippen molar-refractivity contribution in [1.29, 1.82) is 0 Å². The zero-order chi connectivity index (χ0) is 15.2. The van der Waals surface area contributed by atoms with Crippen LogP contribution in [0.5, 0.6) is 11.5 Å². The molecule has 0 saturated carbocycles. The quantitative estimate of drug-likeness (QED) is 0.477. The number of benzene rings is 1. The minimum atomic E-state index is -0.475. The molecule has 1 aromatic heterocycles. The van der Waals surface area contributed by atoms with Crippen LogP contribution in [0.25, 0.3) is 6.08 Å². The Morgan fingerprint density at radius 3 is 2.62 bits per heavy atom. The van der Waals surface area contributed by atoms with Gasteiger partial charge in [-0.1, -0.05) is 0 Å². The Bertz CT molecular complexity index is 693. The first kappa shape index (κ1) is 14.4. The van der Waals surface area contributed by atoms with E-state index in [0.29, 0.717) is 17.1 Å². The Hall–Kier alpha value is -3.02. The van der Waals surface area contributed by atoms with E-state index < -0.39 is 4.92 Å². The molecular weight excluding hydrogens is 272 g/mol. The van der Waals surface area contributed by atoms with Crippen LogP contribution >= 0.6 is 0 Å². The number of aromatic nitrogens is 1. The van der Waals surface area contributed by atoms with Gasteiger partial charge in [0, 0.05) is 30.1 Å². The van der Waals surface area contributed by atoms with E-state index in [2.05, 4.69) is 4.98 Å². The van der Waals surface area contributed by atoms with Crippen molar-refractivity contribution in [3.05, 3.63) is 64.5 Å². The van der Waals surface area contributed by atoms with Gasteiger partial charge in [0.25, 0.3) is 5.69 Å². The highest BCUT2D eigenvalue weighted by molar-refractivity contribution is 5.91. The molecule has 1 aromatic carbocycles. The summed E-state index contributed by atoms with van der Waals surface area (Å²) in [6.45, 7) is 1.45. The predicted octanol–water partition coefficient (Wildman–Crippen LogP) is 3.38. The van der Waals surface area contributed by atoms with Gasteiger partial charge in [0.2, 0.25) is 0 Å². The van der Waals surface area contributed by atoms with Crippen LogP contribution in [0.1, 0.15) is 12.5 Å². The lowest BCUT2D eigenvalue weighted by atomic mass is 10.2. The fourth-order valence-electron chi connectivity index (χ4n) is 1.58. The average molecular weight is 284 g/mol. The Morgan fingerprint density at radius 2 is 2.00 bits per heavy atom. The van der Waals surface area contributed by atoms with Gasteiger partial charge in [-0.25, -0.2) is 0 Å². The first-order valence-electron chi connectivity index (χ1n) is 6.11. The summed E-state index contributed by atoms with van der Waals surface area (Å²) < 4.78 is 5.65. The fourth-order valence-corrected chi connectivity index (χ4v) is 1.58. The number of nitro benzene ring substituents is 1. The molecule has 1 heterocycles. The van der Waals surface area contributed by atoms with Gasteiger partial charge >= 0.3 is 0 Å². The molecule has 0 fully saturated rings. The largest absolute Gasteiger partial charge is 0.457 e. The molecule has 6 nitrogen and oxygen atoms in total. The van der Waals surface area contributed by atoms with Gasteiger partial charge in [-0.3, -0.25) is 19.9 Å². The van der Waals surface area contributed by atoms with Crippen LogP contribution in [-0.2, 0) is 4.79 Å². The third-order valence-corrected chi connectivity index (χ3v) is 2.58. The molecule has 0 atom stereocenters. The van der Waals surface area contributed by atoms with Crippen LogP contribution < -0.4 is 4.74 Å². The van der Waals surface area contributed by atoms with Crippen molar-refractivity contribution in [3.8, 4) is 11.5 Å². The van der Waals surface area contributed by atoms with Crippen molar-refractivity contribution in [2.45, 2.75) is 6.92 Å². The van der Waals surface area contributed by atoms with Crippen molar-refractivity contribution in [2.24, 2.45) is 0 Å². The van der Waals surface area contributed by atoms with E-state index >= 15 is 0 Å². The van der Waals surface area contributed by atoms with E-state index in [0.717, 1.165) is 0 Å². The molecule has 106 valence electrons. The second kappa shape index (κ2) is 6.42. The monoisotopic (exact) mass is 284 g/mol. The van der Waals surface area contributed by atoms with Crippen molar-refractivity contribution in [2.75, 3.05) is 0 Å². The highest BCUT2D eigenvalue weighted by Crippen LogP contribution is 2.26. The molecule has 0 aliphatic rings. The SMILES string of the molecule is CC(=O)/C=C/c1cnccc1Oc1ccc([N+](=O)[O-])cc1. The number of allylic oxidation sites excluding steroid dienone is 1. The maximum absolute atomic E-state index is 11.0. The average Bonchev–Trinajstić information content (AvgIpc) is 2.47. The van der Waals surface area contributed by atoms with Gasteiger partial charge in [-0.05, 0) is 37.3 Å². The molecule has 2 aromatic rings. The molecule has 0 N–H and O–H groups in total. The molecule has 0 radical (unpaired) electrons. The number of rotatable bonds is 5. The van der Waals surface area contributed by atoms with Crippen LogP contribution in [0.2, 0.25) is 0 Å². The standard InChI is InChI=1S/C15H12N2O4/c1-11(18)2-3-12-10-16-9-8-15(12)21-14-6-4-13(5-7-14)17(19)20/h2-10H,1H3/b3-2+. The normalized spacial score (nSPS) is 10.5. The maximum atomic E-state index is 11.0. The summed E-state index contributed by atoms with van der Waals surface area (Å²) in [4.78, 5) is 25.1. The molecule has 0 saturated heterocycles. The van der Waals surface area contributed by atoms with E-state index in [1.807, 2.05) is 0 Å². The molecule has 0 amide bonds. The maximum Gasteiger partial charge on any atom is 0.269 e. The number of non-ortho nitro benzene ring substituents is 1. The number of carbonyl (C=O) groups excluding carboxylic acids is 1. The number of hydrogen-bond donors (Lipinski definition) is 0. The van der Waals surface area contributed by atoms with Crippen molar-refractivity contribution < 1.29 is 14.5 Å². The number of pyridine rings is 1. The molecule has 0 bridgehead atoms. The highest BCUT2D eigenvalue weighted by Gasteiger charge is 2.06.